The van der Waals surface area contributed by atoms with Gasteiger partial charge in [0.25, 0.3) is 0 Å². The molecule has 10 heterocycles. The molecule has 19 heteroatoms. The van der Waals surface area contributed by atoms with Crippen LogP contribution in [0.4, 0.5) is 0 Å². The Balaban J connectivity index is 0.000000417. The van der Waals surface area contributed by atoms with Crippen LogP contribution in [0.5, 0.6) is 0 Å². The monoisotopic (exact) mass is 1160 g/mol. The van der Waals surface area contributed by atoms with E-state index >= 15 is 0 Å². The number of thiophene rings is 2. The summed E-state index contributed by atoms with van der Waals surface area (Å²) in [4.78, 5) is 4.11. The summed E-state index contributed by atoms with van der Waals surface area (Å²) in [5, 5.41) is 28.7. The number of hydrogen-bond donors (Lipinski definition) is 1. The minimum Gasteiger partial charge on any atom is -0.364 e. The van der Waals surface area contributed by atoms with Gasteiger partial charge in [0, 0.05) is 85.6 Å². The highest BCUT2D eigenvalue weighted by molar-refractivity contribution is 9.10. The molecule has 410 valence electrons. The lowest BCUT2D eigenvalue weighted by Crippen LogP contribution is -2.28. The van der Waals surface area contributed by atoms with E-state index in [1.165, 1.54) is 97.9 Å². The number of H-pyrrole nitrogens is 1. The molecule has 10 aromatic heterocycles. The zero-order valence-electron chi connectivity index (χ0n) is 49.1. The Bertz CT molecular complexity index is 2530. The van der Waals surface area contributed by atoms with E-state index in [1.54, 1.807) is 35.3 Å². The molecule has 0 aliphatic heterocycles. The van der Waals surface area contributed by atoms with Gasteiger partial charge in [-0.25, -0.2) is 4.37 Å². The van der Waals surface area contributed by atoms with Crippen LogP contribution in [0.2, 0.25) is 0 Å². The van der Waals surface area contributed by atoms with E-state index in [4.69, 9.17) is 4.52 Å². The van der Waals surface area contributed by atoms with E-state index in [9.17, 15) is 0 Å². The Morgan fingerprint density at radius 1 is 0.547 bits per heavy atom. The first-order chi connectivity index (χ1) is 35.1. The van der Waals surface area contributed by atoms with Crippen LogP contribution >= 0.6 is 61.7 Å². The molecule has 0 amide bonds. The molecular formula is C56H84BrN12O2S4+. The molecule has 1 N–H and O–H groups in total. The third-order valence-corrected chi connectivity index (χ3v) is 16.8. The lowest BCUT2D eigenvalue weighted by molar-refractivity contribution is -0.727. The Kier molecular flexibility index (Phi) is 31.3. The third kappa shape index (κ3) is 25.7. The molecule has 0 radical (unpaired) electrons. The maximum atomic E-state index is 4.71. The van der Waals surface area contributed by atoms with Crippen LogP contribution in [0.25, 0.3) is 0 Å². The predicted molar refractivity (Wildman–Crippen MR) is 320 cm³/mol. The Hall–Kier alpha value is -5.60. The summed E-state index contributed by atoms with van der Waals surface area (Å²) in [6, 6.07) is 2.06. The quantitative estimate of drug-likeness (QED) is 0.146. The first-order valence-electron chi connectivity index (χ1n) is 24.2. The number of nitrogens with zero attached hydrogens (tertiary/aromatic N) is 11. The minimum atomic E-state index is 0.903. The first-order valence-corrected chi connectivity index (χ1v) is 28.3. The van der Waals surface area contributed by atoms with Gasteiger partial charge in [-0.3, -0.25) is 14.0 Å². The zero-order valence-corrected chi connectivity index (χ0v) is 53.9. The van der Waals surface area contributed by atoms with Crippen molar-refractivity contribution in [2.45, 2.75) is 138 Å². The highest BCUT2D eigenvalue weighted by Gasteiger charge is 2.00. The van der Waals surface area contributed by atoms with Gasteiger partial charge in [0.15, 0.2) is 13.2 Å². The molecule has 0 saturated carbocycles. The fourth-order valence-corrected chi connectivity index (χ4v) is 8.27. The molecule has 0 unspecified atom stereocenters. The van der Waals surface area contributed by atoms with Crippen molar-refractivity contribution >= 4 is 61.7 Å². The lowest BCUT2D eigenvalue weighted by Gasteiger charge is -1.90. The summed E-state index contributed by atoms with van der Waals surface area (Å²) < 4.78 is 26.1. The van der Waals surface area contributed by atoms with E-state index in [0.29, 0.717) is 0 Å². The van der Waals surface area contributed by atoms with Gasteiger partial charge in [0.2, 0.25) is 0 Å². The highest BCUT2D eigenvalue weighted by atomic mass is 79.9. The average Bonchev–Trinajstić information content (AvgIpc) is 4.32. The molecular weight excluding hydrogens is 1080 g/mol. The standard InChI is InChI=1S/C7H10S.4C6H10N2.C5H5BrS.2C5H7NO.2C5H7NS/c1-5-4-8-7(3)6(5)2;1-5-4-8(3)7-6(5)2;3*1-5-4-7-8(3)6(5)2;1-4-5(6)2-3-7-4;1-4-3-7-6-5(4)2;1-4-3-6-7-5(4)2;1-4-3-7-6-5(4)2;1-4-3-6-7-5(4)2/h5*4H,1-3H3;2-3H,1H3;4*3H,1-2H3/p+1. The van der Waals surface area contributed by atoms with E-state index in [2.05, 4.69) is 192 Å². The van der Waals surface area contributed by atoms with Gasteiger partial charge in [-0.15, -0.1) is 27.4 Å². The number of aromatic nitrogens is 12. The van der Waals surface area contributed by atoms with Crippen LogP contribution < -0.4 is 4.68 Å². The maximum absolute atomic E-state index is 4.71. The van der Waals surface area contributed by atoms with Gasteiger partial charge >= 0.3 is 0 Å². The Morgan fingerprint density at radius 3 is 1.19 bits per heavy atom. The van der Waals surface area contributed by atoms with Crippen LogP contribution in [0, 0.1) is 138 Å². The number of aromatic amines is 1. The lowest BCUT2D eigenvalue weighted by atomic mass is 10.2. The van der Waals surface area contributed by atoms with Crippen molar-refractivity contribution in [3.05, 3.63) is 180 Å². The molecule has 0 saturated heterocycles. The van der Waals surface area contributed by atoms with Crippen LogP contribution in [-0.2, 0) is 28.2 Å². The normalized spacial score (nSPS) is 9.67. The van der Waals surface area contributed by atoms with Gasteiger partial charge in [-0.05, 0) is 233 Å². The van der Waals surface area contributed by atoms with E-state index in [1.807, 2.05) is 118 Å². The first kappa shape index (κ1) is 67.4. The van der Waals surface area contributed by atoms with Gasteiger partial charge in [0.1, 0.15) is 12.0 Å². The summed E-state index contributed by atoms with van der Waals surface area (Å²) in [5.74, 6) is 0.903. The van der Waals surface area contributed by atoms with Crippen LogP contribution in [-0.4, -0.2) is 53.5 Å². The minimum absolute atomic E-state index is 0.903. The fraction of sp³-hybridized carbons (Fsp3) is 0.429. The second-order valence-corrected chi connectivity index (χ2v) is 22.7. The van der Waals surface area contributed by atoms with Crippen LogP contribution in [0.3, 0.4) is 0 Å². The van der Waals surface area contributed by atoms with E-state index < -0.39 is 0 Å². The summed E-state index contributed by atoms with van der Waals surface area (Å²) in [7, 11) is 7.83. The number of nitrogens with one attached hydrogen (secondary N) is 1. The van der Waals surface area contributed by atoms with Crippen molar-refractivity contribution in [3.63, 3.8) is 0 Å². The van der Waals surface area contributed by atoms with E-state index in [0.717, 1.165) is 28.3 Å². The summed E-state index contributed by atoms with van der Waals surface area (Å²) in [6.07, 6.45) is 12.9. The SMILES string of the molecule is Cc1c[n+](C)[nH]c1C.Cc1cnn(C)c1C.Cc1cnn(C)c1C.Cc1cnn(C)c1C.Cc1cnoc1C.Cc1cnsc1C.Cc1conc1C.Cc1csc(C)c1C.Cc1csnc1C.Cc1sccc1Br. The van der Waals surface area contributed by atoms with Crippen molar-refractivity contribution in [3.8, 4) is 0 Å². The summed E-state index contributed by atoms with van der Waals surface area (Å²) >= 11 is 10.0. The van der Waals surface area contributed by atoms with Crippen molar-refractivity contribution < 1.29 is 13.7 Å². The predicted octanol–water partition coefficient (Wildman–Crippen LogP) is 15.2. The summed E-state index contributed by atoms with van der Waals surface area (Å²) in [6.45, 7) is 41.0. The molecule has 0 atom stereocenters. The molecule has 0 fully saturated rings. The van der Waals surface area contributed by atoms with E-state index in [-0.39, 0.29) is 0 Å². The zero-order chi connectivity index (χ0) is 57.1. The Morgan fingerprint density at radius 2 is 1.08 bits per heavy atom. The highest BCUT2D eigenvalue weighted by Crippen LogP contribution is 2.20. The third-order valence-electron chi connectivity index (χ3n) is 12.1. The average molecular weight is 1170 g/mol. The molecule has 0 spiro atoms. The van der Waals surface area contributed by atoms with Gasteiger partial charge in [-0.2, -0.15) is 24.8 Å². The molecule has 0 aliphatic rings. The maximum Gasteiger partial charge on any atom is 0.198 e. The fourth-order valence-electron chi connectivity index (χ4n) is 4.98. The molecule has 0 bridgehead atoms. The second kappa shape index (κ2) is 34.9. The van der Waals surface area contributed by atoms with Crippen molar-refractivity contribution in [1.82, 2.24) is 53.5 Å². The van der Waals surface area contributed by atoms with Crippen LogP contribution in [0.1, 0.15) is 110 Å². The number of halogens is 1. The smallest absolute Gasteiger partial charge is 0.198 e. The largest absolute Gasteiger partial charge is 0.364 e. The number of hydrogen-bond acceptors (Lipinski definition) is 13. The van der Waals surface area contributed by atoms with Crippen molar-refractivity contribution in [2.75, 3.05) is 0 Å². The molecule has 0 aliphatic carbocycles. The molecule has 10 aromatic rings. The second-order valence-electron chi connectivity index (χ2n) is 18.0. The number of aryl methyl sites for hydroxylation is 20. The molecule has 14 nitrogen and oxygen atoms in total. The molecule has 0 aromatic carbocycles. The van der Waals surface area contributed by atoms with Gasteiger partial charge < -0.3 is 9.05 Å². The number of rotatable bonds is 0. The summed E-state index contributed by atoms with van der Waals surface area (Å²) in [5.41, 5.74) is 19.9. The molecule has 75 heavy (non-hydrogen) atoms. The van der Waals surface area contributed by atoms with Crippen LogP contribution in [0.15, 0.2) is 79.2 Å². The van der Waals surface area contributed by atoms with Gasteiger partial charge in [0.05, 0.1) is 41.9 Å². The van der Waals surface area contributed by atoms with Crippen molar-refractivity contribution in [2.24, 2.45) is 28.2 Å². The Labute approximate surface area is 472 Å². The van der Waals surface area contributed by atoms with Gasteiger partial charge in [-0.1, -0.05) is 10.3 Å². The van der Waals surface area contributed by atoms with Crippen molar-refractivity contribution in [1.29, 1.82) is 0 Å². The molecule has 10 rings (SSSR count). The topological polar surface area (TPSA) is 151 Å².